The first-order chi connectivity index (χ1) is 12.8. The first kappa shape index (κ1) is 16.6. The second-order valence-corrected chi connectivity index (χ2v) is 6.40. The van der Waals surface area contributed by atoms with Crippen LogP contribution in [0.1, 0.15) is 5.56 Å². The van der Waals surface area contributed by atoms with Crippen LogP contribution in [0.3, 0.4) is 0 Å². The molecule has 1 aliphatic heterocycles. The summed E-state index contributed by atoms with van der Waals surface area (Å²) in [7, 11) is 0. The molecule has 26 heavy (non-hydrogen) atoms. The molecule has 1 aromatic carbocycles. The highest BCUT2D eigenvalue weighted by Crippen LogP contribution is 2.19. The molecule has 8 nitrogen and oxygen atoms in total. The average Bonchev–Trinajstić information content (AvgIpc) is 3.14. The van der Waals surface area contributed by atoms with Gasteiger partial charge in [-0.2, -0.15) is 0 Å². The lowest BCUT2D eigenvalue weighted by molar-refractivity contribution is -0.117. The van der Waals surface area contributed by atoms with Crippen LogP contribution in [-0.2, 0) is 11.3 Å². The quantitative estimate of drug-likeness (QED) is 0.742. The Balaban J connectivity index is 1.27. The van der Waals surface area contributed by atoms with Crippen molar-refractivity contribution in [3.63, 3.8) is 0 Å². The number of nitrogens with one attached hydrogen (secondary N) is 1. The molecule has 0 bridgehead atoms. The predicted molar refractivity (Wildman–Crippen MR) is 96.4 cm³/mol. The maximum Gasteiger partial charge on any atom is 0.238 e. The van der Waals surface area contributed by atoms with Gasteiger partial charge < -0.3 is 5.32 Å². The Labute approximate surface area is 150 Å². The van der Waals surface area contributed by atoms with Crippen molar-refractivity contribution in [1.29, 1.82) is 0 Å². The van der Waals surface area contributed by atoms with Crippen LogP contribution in [-0.4, -0.2) is 63.7 Å². The summed E-state index contributed by atoms with van der Waals surface area (Å²) in [6, 6.07) is 9.46. The number of fused-ring (bicyclic) bond motifs is 1. The topological polar surface area (TPSA) is 87.4 Å². The molecular weight excluding hydrogens is 332 g/mol. The number of nitrogens with zero attached hydrogens (tertiary/aromatic N) is 5. The van der Waals surface area contributed by atoms with E-state index >= 15 is 0 Å². The molecule has 1 saturated heterocycles. The van der Waals surface area contributed by atoms with E-state index < -0.39 is 0 Å². The van der Waals surface area contributed by atoms with E-state index in [9.17, 15) is 4.79 Å². The van der Waals surface area contributed by atoms with Crippen molar-refractivity contribution >= 4 is 22.6 Å². The van der Waals surface area contributed by atoms with Crippen LogP contribution in [0, 0.1) is 0 Å². The number of amides is 1. The van der Waals surface area contributed by atoms with Crippen molar-refractivity contribution in [2.45, 2.75) is 6.54 Å². The third kappa shape index (κ3) is 3.87. The third-order valence-electron chi connectivity index (χ3n) is 4.52. The number of carbonyl (C=O) groups is 1. The third-order valence-corrected chi connectivity index (χ3v) is 4.52. The van der Waals surface area contributed by atoms with Gasteiger partial charge in [-0.25, -0.2) is 4.63 Å². The number of benzene rings is 1. The summed E-state index contributed by atoms with van der Waals surface area (Å²) in [5.74, 6) is -0.0544. The smallest absolute Gasteiger partial charge is 0.238 e. The lowest BCUT2D eigenvalue weighted by Crippen LogP contribution is -2.48. The van der Waals surface area contributed by atoms with Gasteiger partial charge in [0.2, 0.25) is 5.91 Å². The Hall–Kier alpha value is -2.84. The second-order valence-electron chi connectivity index (χ2n) is 6.40. The van der Waals surface area contributed by atoms with Gasteiger partial charge in [0.05, 0.1) is 12.2 Å². The number of rotatable bonds is 5. The van der Waals surface area contributed by atoms with Crippen LogP contribution in [0.4, 0.5) is 5.69 Å². The lowest BCUT2D eigenvalue weighted by Gasteiger charge is -2.34. The van der Waals surface area contributed by atoms with E-state index in [2.05, 4.69) is 36.5 Å². The van der Waals surface area contributed by atoms with Gasteiger partial charge in [-0.3, -0.25) is 19.6 Å². The average molecular weight is 352 g/mol. The highest BCUT2D eigenvalue weighted by Gasteiger charge is 2.19. The van der Waals surface area contributed by atoms with Gasteiger partial charge in [0.15, 0.2) is 5.52 Å². The summed E-state index contributed by atoms with van der Waals surface area (Å²) < 4.78 is 4.73. The van der Waals surface area contributed by atoms with Crippen LogP contribution in [0.2, 0.25) is 0 Å². The fourth-order valence-corrected chi connectivity index (χ4v) is 3.16. The summed E-state index contributed by atoms with van der Waals surface area (Å²) in [5, 5.41) is 10.5. The number of hydrogen-bond acceptors (Lipinski definition) is 7. The van der Waals surface area contributed by atoms with Crippen molar-refractivity contribution in [2.24, 2.45) is 0 Å². The molecule has 1 aliphatic rings. The number of carbonyl (C=O) groups excluding carboxylic acids is 1. The van der Waals surface area contributed by atoms with Crippen molar-refractivity contribution in [1.82, 2.24) is 25.1 Å². The molecule has 4 rings (SSSR count). The Morgan fingerprint density at radius 3 is 2.73 bits per heavy atom. The molecule has 1 N–H and O–H groups in total. The van der Waals surface area contributed by atoms with Crippen molar-refractivity contribution in [3.8, 4) is 0 Å². The zero-order valence-electron chi connectivity index (χ0n) is 14.3. The molecule has 0 aliphatic carbocycles. The van der Waals surface area contributed by atoms with Gasteiger partial charge in [0.25, 0.3) is 0 Å². The molecule has 2 aromatic heterocycles. The molecule has 0 spiro atoms. The van der Waals surface area contributed by atoms with E-state index in [0.717, 1.165) is 32.7 Å². The largest absolute Gasteiger partial charge is 0.323 e. The van der Waals surface area contributed by atoms with Crippen molar-refractivity contribution in [2.75, 3.05) is 38.0 Å². The molecule has 3 aromatic rings. The molecule has 1 amide bonds. The summed E-state index contributed by atoms with van der Waals surface area (Å²) >= 11 is 0. The summed E-state index contributed by atoms with van der Waals surface area (Å²) in [4.78, 5) is 21.1. The monoisotopic (exact) mass is 352 g/mol. The minimum Gasteiger partial charge on any atom is -0.323 e. The SMILES string of the molecule is O=C(CN1CCN(Cc2cccnc2)CC1)Nc1cccc2nonc12. The fourth-order valence-electron chi connectivity index (χ4n) is 3.16. The van der Waals surface area contributed by atoms with E-state index in [-0.39, 0.29) is 5.91 Å². The fraction of sp³-hybridized carbons (Fsp3) is 0.333. The minimum atomic E-state index is -0.0544. The summed E-state index contributed by atoms with van der Waals surface area (Å²) in [6.07, 6.45) is 3.69. The maximum absolute atomic E-state index is 12.4. The summed E-state index contributed by atoms with van der Waals surface area (Å²) in [6.45, 7) is 4.86. The molecular formula is C18H20N6O2. The number of hydrogen-bond donors (Lipinski definition) is 1. The second kappa shape index (κ2) is 7.59. The summed E-state index contributed by atoms with van der Waals surface area (Å²) in [5.41, 5.74) is 3.05. The minimum absolute atomic E-state index is 0.0544. The van der Waals surface area contributed by atoms with Gasteiger partial charge in [0, 0.05) is 45.1 Å². The molecule has 0 radical (unpaired) electrons. The zero-order chi connectivity index (χ0) is 17.8. The van der Waals surface area contributed by atoms with E-state index in [1.165, 1.54) is 5.56 Å². The van der Waals surface area contributed by atoms with Crippen molar-refractivity contribution < 1.29 is 9.42 Å². The standard InChI is InChI=1S/C18H20N6O2/c25-17(20-15-4-1-5-16-18(15)22-26-21-16)13-24-9-7-23(8-10-24)12-14-3-2-6-19-11-14/h1-6,11H,7-10,12-13H2,(H,20,25). The molecule has 8 heteroatoms. The van der Waals surface area contributed by atoms with Crippen LogP contribution < -0.4 is 5.32 Å². The van der Waals surface area contributed by atoms with Gasteiger partial charge in [0.1, 0.15) is 5.52 Å². The van der Waals surface area contributed by atoms with Gasteiger partial charge >= 0.3 is 0 Å². The zero-order valence-corrected chi connectivity index (χ0v) is 14.3. The van der Waals surface area contributed by atoms with Gasteiger partial charge in [-0.05, 0) is 34.1 Å². The number of aromatic nitrogens is 3. The number of anilines is 1. The van der Waals surface area contributed by atoms with Crippen LogP contribution in [0.25, 0.3) is 11.0 Å². The predicted octanol–water partition coefficient (Wildman–Crippen LogP) is 1.37. The lowest BCUT2D eigenvalue weighted by atomic mass is 10.2. The van der Waals surface area contributed by atoms with E-state index in [0.29, 0.717) is 23.3 Å². The normalized spacial score (nSPS) is 16.0. The van der Waals surface area contributed by atoms with Crippen LogP contribution >= 0.6 is 0 Å². The molecule has 1 fully saturated rings. The van der Waals surface area contributed by atoms with E-state index in [1.54, 1.807) is 18.3 Å². The van der Waals surface area contributed by atoms with Gasteiger partial charge in [-0.1, -0.05) is 12.1 Å². The highest BCUT2D eigenvalue weighted by molar-refractivity contribution is 5.99. The number of piperazine rings is 1. The Morgan fingerprint density at radius 2 is 1.92 bits per heavy atom. The maximum atomic E-state index is 12.4. The molecule has 3 heterocycles. The van der Waals surface area contributed by atoms with Crippen LogP contribution in [0.5, 0.6) is 0 Å². The highest BCUT2D eigenvalue weighted by atomic mass is 16.6. The molecule has 0 saturated carbocycles. The first-order valence-electron chi connectivity index (χ1n) is 8.63. The number of pyridine rings is 1. The molecule has 0 unspecified atom stereocenters. The Bertz CT molecular complexity index is 874. The van der Waals surface area contributed by atoms with E-state index in [1.807, 2.05) is 18.3 Å². The Kier molecular flexibility index (Phi) is 4.85. The van der Waals surface area contributed by atoms with Crippen LogP contribution in [0.15, 0.2) is 47.4 Å². The molecule has 134 valence electrons. The Morgan fingerprint density at radius 1 is 1.08 bits per heavy atom. The first-order valence-corrected chi connectivity index (χ1v) is 8.63. The van der Waals surface area contributed by atoms with E-state index in [4.69, 9.17) is 4.63 Å². The molecule has 0 atom stereocenters. The van der Waals surface area contributed by atoms with Gasteiger partial charge in [-0.15, -0.1) is 0 Å². The van der Waals surface area contributed by atoms with Crippen molar-refractivity contribution in [3.05, 3.63) is 48.3 Å².